The Morgan fingerprint density at radius 2 is 1.76 bits per heavy atom. The molecule has 3 fully saturated rings. The molecule has 5 N–H and O–H groups in total. The molecule has 1 saturated heterocycles. The zero-order chi connectivity index (χ0) is 30.2. The number of amides is 2. The molecule has 0 spiro atoms. The minimum absolute atomic E-state index is 0.0301. The number of halogens is 3. The molecule has 5 rings (SSSR count). The summed E-state index contributed by atoms with van der Waals surface area (Å²) >= 11 is 0. The van der Waals surface area contributed by atoms with E-state index in [1.54, 1.807) is 0 Å². The summed E-state index contributed by atoms with van der Waals surface area (Å²) in [5.41, 5.74) is 5.53. The van der Waals surface area contributed by atoms with Gasteiger partial charge in [-0.25, -0.2) is 9.97 Å². The normalized spacial score (nSPS) is 29.1. The number of carbonyl (C=O) groups excluding carboxylic acids is 2. The van der Waals surface area contributed by atoms with Gasteiger partial charge < -0.3 is 26.6 Å². The number of likely N-dealkylation sites (tertiary alicyclic amines) is 1. The fourth-order valence-electron chi connectivity index (χ4n) is 6.79. The molecule has 0 unspecified atom stereocenters. The lowest BCUT2D eigenvalue weighted by Gasteiger charge is -2.43. The van der Waals surface area contributed by atoms with Gasteiger partial charge in [-0.2, -0.15) is 13.2 Å². The Morgan fingerprint density at radius 1 is 1.02 bits per heavy atom. The summed E-state index contributed by atoms with van der Waals surface area (Å²) < 4.78 is 40.2. The summed E-state index contributed by atoms with van der Waals surface area (Å²) in [7, 11) is 0. The van der Waals surface area contributed by atoms with Crippen LogP contribution in [0.5, 0.6) is 0 Å². The van der Waals surface area contributed by atoms with Crippen LogP contribution in [0, 0.1) is 5.92 Å². The molecule has 1 aromatic carbocycles. The maximum Gasteiger partial charge on any atom is 0.416 e. The molecule has 4 atom stereocenters. The first-order valence-electron chi connectivity index (χ1n) is 15.0. The number of benzene rings is 1. The number of alkyl halides is 3. The third kappa shape index (κ3) is 6.96. The number of hydrogen-bond acceptors (Lipinski definition) is 7. The Hall–Kier alpha value is -2.99. The van der Waals surface area contributed by atoms with Crippen LogP contribution < -0.4 is 21.7 Å². The Labute approximate surface area is 244 Å². The van der Waals surface area contributed by atoms with E-state index in [-0.39, 0.29) is 58.6 Å². The molecule has 3 aliphatic rings. The van der Waals surface area contributed by atoms with Crippen LogP contribution in [0.4, 0.5) is 19.0 Å². The highest BCUT2D eigenvalue weighted by Crippen LogP contribution is 2.34. The smallest absolute Gasteiger partial charge is 0.358 e. The number of nitrogens with one attached hydrogen (secondary N) is 3. The topological polar surface area (TPSA) is 125 Å². The zero-order valence-corrected chi connectivity index (χ0v) is 24.5. The number of fused-ring (bicyclic) bond motifs is 1. The molecule has 0 bridgehead atoms. The SMILES string of the molecule is CC(C)(C)N[C@@H]1CC[C@H](N2CC[C@H](Nc3ncnc4ccc(C(F)(F)F)cc34)C2=O)[C@H](NC(=O)[C@H]2CC[C@H](N)CC2)C1. The van der Waals surface area contributed by atoms with Gasteiger partial charge in [-0.15, -0.1) is 0 Å². The third-order valence-electron chi connectivity index (χ3n) is 8.84. The van der Waals surface area contributed by atoms with Crippen molar-refractivity contribution >= 4 is 28.5 Å². The largest absolute Gasteiger partial charge is 0.416 e. The van der Waals surface area contributed by atoms with Gasteiger partial charge in [0.1, 0.15) is 18.2 Å². The lowest BCUT2D eigenvalue weighted by molar-refractivity contribution is -0.137. The Balaban J connectivity index is 1.32. The van der Waals surface area contributed by atoms with Crippen LogP contribution in [0.2, 0.25) is 0 Å². The van der Waals surface area contributed by atoms with Gasteiger partial charge in [0.25, 0.3) is 0 Å². The Morgan fingerprint density at radius 3 is 2.45 bits per heavy atom. The summed E-state index contributed by atoms with van der Waals surface area (Å²) in [6.45, 7) is 6.84. The van der Waals surface area contributed by atoms with Crippen LogP contribution in [-0.2, 0) is 15.8 Å². The second-order valence-corrected chi connectivity index (χ2v) is 13.2. The fourth-order valence-corrected chi connectivity index (χ4v) is 6.79. The number of nitrogens with zero attached hydrogens (tertiary/aromatic N) is 3. The monoisotopic (exact) mass is 589 g/mol. The van der Waals surface area contributed by atoms with Gasteiger partial charge in [-0.05, 0) is 90.3 Å². The number of nitrogens with two attached hydrogens (primary N) is 1. The average molecular weight is 590 g/mol. The van der Waals surface area contributed by atoms with Crippen molar-refractivity contribution in [2.45, 2.75) is 114 Å². The van der Waals surface area contributed by atoms with Crippen LogP contribution >= 0.6 is 0 Å². The van der Waals surface area contributed by atoms with E-state index in [9.17, 15) is 22.8 Å². The summed E-state index contributed by atoms with van der Waals surface area (Å²) in [6, 6.07) is 2.65. The molecule has 2 heterocycles. The van der Waals surface area contributed by atoms with Crippen molar-refractivity contribution in [2.24, 2.45) is 11.7 Å². The van der Waals surface area contributed by atoms with E-state index in [2.05, 4.69) is 46.7 Å². The molecule has 2 aromatic rings. The molecule has 9 nitrogen and oxygen atoms in total. The number of rotatable bonds is 6. The minimum atomic E-state index is -4.51. The molecule has 230 valence electrons. The maximum absolute atomic E-state index is 13.7. The second kappa shape index (κ2) is 11.9. The highest BCUT2D eigenvalue weighted by molar-refractivity contribution is 5.93. The van der Waals surface area contributed by atoms with Crippen LogP contribution in [-0.4, -0.2) is 69.0 Å². The van der Waals surface area contributed by atoms with Crippen molar-refractivity contribution in [3.05, 3.63) is 30.1 Å². The van der Waals surface area contributed by atoms with Crippen LogP contribution in [0.15, 0.2) is 24.5 Å². The molecule has 2 aliphatic carbocycles. The molecule has 1 aliphatic heterocycles. The summed E-state index contributed by atoms with van der Waals surface area (Å²) in [6.07, 6.45) is 2.76. The van der Waals surface area contributed by atoms with Gasteiger partial charge in [0.15, 0.2) is 0 Å². The van der Waals surface area contributed by atoms with E-state index in [1.165, 1.54) is 12.4 Å². The van der Waals surface area contributed by atoms with Crippen molar-refractivity contribution in [3.8, 4) is 0 Å². The number of anilines is 1. The van der Waals surface area contributed by atoms with Crippen LogP contribution in [0.25, 0.3) is 10.9 Å². The van der Waals surface area contributed by atoms with Gasteiger partial charge >= 0.3 is 6.18 Å². The van der Waals surface area contributed by atoms with Gasteiger partial charge in [0, 0.05) is 35.5 Å². The number of hydrogen-bond donors (Lipinski definition) is 4. The molecule has 2 amide bonds. The molecular weight excluding hydrogens is 547 g/mol. The number of carbonyl (C=O) groups is 2. The van der Waals surface area contributed by atoms with E-state index in [1.807, 2.05) is 4.90 Å². The van der Waals surface area contributed by atoms with E-state index in [0.29, 0.717) is 24.9 Å². The van der Waals surface area contributed by atoms with Gasteiger partial charge in [-0.1, -0.05) is 0 Å². The van der Waals surface area contributed by atoms with E-state index < -0.39 is 17.8 Å². The summed E-state index contributed by atoms with van der Waals surface area (Å²) in [5, 5.41) is 10.3. The quantitative estimate of drug-likeness (QED) is 0.402. The van der Waals surface area contributed by atoms with E-state index in [4.69, 9.17) is 5.73 Å². The van der Waals surface area contributed by atoms with E-state index >= 15 is 0 Å². The molecule has 42 heavy (non-hydrogen) atoms. The van der Waals surface area contributed by atoms with Crippen LogP contribution in [0.3, 0.4) is 0 Å². The van der Waals surface area contributed by atoms with Crippen molar-refractivity contribution in [3.63, 3.8) is 0 Å². The van der Waals surface area contributed by atoms with E-state index in [0.717, 1.165) is 50.7 Å². The fraction of sp³-hybridized carbons (Fsp3) is 0.667. The standard InChI is InChI=1S/C30H42F3N7O2/c1-29(2,3)39-20-9-11-25(24(15-20)38-27(41)17-4-7-19(34)8-5-17)40-13-12-23(28(40)42)37-26-21-14-18(30(31,32)33)6-10-22(21)35-16-36-26/h6,10,14,16-17,19-20,23-25,39H,4-5,7-9,11-13,15,34H2,1-3H3,(H,38,41)(H,35,36,37)/t17-,19-,20-,23+,24-,25+/m1/s1. The zero-order valence-electron chi connectivity index (χ0n) is 24.5. The van der Waals surface area contributed by atoms with Crippen molar-refractivity contribution in [1.82, 2.24) is 25.5 Å². The maximum atomic E-state index is 13.7. The van der Waals surface area contributed by atoms with Crippen molar-refractivity contribution in [1.29, 1.82) is 0 Å². The summed E-state index contributed by atoms with van der Waals surface area (Å²) in [4.78, 5) is 37.2. The highest BCUT2D eigenvalue weighted by atomic mass is 19.4. The molecular formula is C30H42F3N7O2. The molecule has 12 heteroatoms. The van der Waals surface area contributed by atoms with Crippen LogP contribution in [0.1, 0.15) is 77.7 Å². The van der Waals surface area contributed by atoms with Crippen molar-refractivity contribution < 1.29 is 22.8 Å². The number of aromatic nitrogens is 2. The van der Waals surface area contributed by atoms with Gasteiger partial charge in [0.05, 0.1) is 23.2 Å². The Bertz CT molecular complexity index is 1290. The third-order valence-corrected chi connectivity index (χ3v) is 8.84. The van der Waals surface area contributed by atoms with Crippen molar-refractivity contribution in [2.75, 3.05) is 11.9 Å². The first-order chi connectivity index (χ1) is 19.8. The first kappa shape index (κ1) is 30.5. The molecule has 1 aromatic heterocycles. The Kier molecular flexibility index (Phi) is 8.67. The molecule has 2 saturated carbocycles. The van der Waals surface area contributed by atoms with Gasteiger partial charge in [0.2, 0.25) is 11.8 Å². The lowest BCUT2D eigenvalue weighted by atomic mass is 9.82. The predicted molar refractivity (Wildman–Crippen MR) is 154 cm³/mol. The second-order valence-electron chi connectivity index (χ2n) is 13.2. The highest BCUT2D eigenvalue weighted by Gasteiger charge is 2.43. The first-order valence-corrected chi connectivity index (χ1v) is 15.0. The lowest BCUT2D eigenvalue weighted by Crippen LogP contribution is -2.60. The predicted octanol–water partition coefficient (Wildman–Crippen LogP) is 3.97. The van der Waals surface area contributed by atoms with Gasteiger partial charge in [-0.3, -0.25) is 9.59 Å². The minimum Gasteiger partial charge on any atom is -0.358 e. The summed E-state index contributed by atoms with van der Waals surface area (Å²) in [5.74, 6) is 0.0221. The average Bonchev–Trinajstić information content (AvgIpc) is 3.27. The molecule has 0 radical (unpaired) electrons.